The molecule has 0 bridgehead atoms. The minimum atomic E-state index is -4.04. The van der Waals surface area contributed by atoms with Crippen molar-refractivity contribution >= 4 is 38.4 Å². The second kappa shape index (κ2) is 5.15. The summed E-state index contributed by atoms with van der Waals surface area (Å²) in [4.78, 5) is 13.3. The number of aromatic nitrogens is 1. The van der Waals surface area contributed by atoms with E-state index in [0.717, 1.165) is 6.07 Å². The third kappa shape index (κ3) is 2.70. The predicted molar refractivity (Wildman–Crippen MR) is 79.1 cm³/mol. The zero-order valence-electron chi connectivity index (χ0n) is 10.8. The highest BCUT2D eigenvalue weighted by Gasteiger charge is 2.18. The second-order valence-electron chi connectivity index (χ2n) is 4.40. The fourth-order valence-corrected chi connectivity index (χ4v) is 3.11. The van der Waals surface area contributed by atoms with E-state index in [1.54, 1.807) is 0 Å². The summed E-state index contributed by atoms with van der Waals surface area (Å²) < 4.78 is 45.1. The summed E-state index contributed by atoms with van der Waals surface area (Å²) in [6.07, 6.45) is 0. The number of oxazole rings is 1. The van der Waals surface area contributed by atoms with Crippen LogP contribution in [0.3, 0.4) is 0 Å². The molecule has 0 atom stereocenters. The molecule has 6 nitrogen and oxygen atoms in total. The van der Waals surface area contributed by atoms with E-state index in [4.69, 9.17) is 16.0 Å². The number of aromatic amines is 1. The number of sulfonamides is 1. The minimum absolute atomic E-state index is 0.0875. The first kappa shape index (κ1) is 14.6. The van der Waals surface area contributed by atoms with Crippen LogP contribution in [-0.4, -0.2) is 13.4 Å². The van der Waals surface area contributed by atoms with Crippen molar-refractivity contribution < 1.29 is 17.2 Å². The molecule has 1 aromatic heterocycles. The highest BCUT2D eigenvalue weighted by Crippen LogP contribution is 2.23. The van der Waals surface area contributed by atoms with Crippen molar-refractivity contribution in [3.63, 3.8) is 0 Å². The predicted octanol–water partition coefficient (Wildman–Crippen LogP) is 2.71. The molecule has 3 aromatic rings. The Morgan fingerprint density at radius 1 is 1.18 bits per heavy atom. The largest absolute Gasteiger partial charge is 0.417 e. The maximum atomic E-state index is 13.7. The van der Waals surface area contributed by atoms with Crippen molar-refractivity contribution in [3.8, 4) is 0 Å². The maximum Gasteiger partial charge on any atom is 0.417 e. The molecule has 0 fully saturated rings. The smallest absolute Gasteiger partial charge is 0.408 e. The summed E-state index contributed by atoms with van der Waals surface area (Å²) in [7, 11) is -4.04. The molecule has 0 aliphatic carbocycles. The summed E-state index contributed by atoms with van der Waals surface area (Å²) in [6.45, 7) is 0. The highest BCUT2D eigenvalue weighted by molar-refractivity contribution is 7.92. The van der Waals surface area contributed by atoms with Gasteiger partial charge in [0.1, 0.15) is 5.82 Å². The average molecular weight is 343 g/mol. The lowest BCUT2D eigenvalue weighted by atomic mass is 10.3. The Bertz CT molecular complexity index is 1030. The molecule has 2 N–H and O–H groups in total. The molecule has 2 aromatic carbocycles. The number of fused-ring (bicyclic) bond motifs is 1. The third-order valence-corrected chi connectivity index (χ3v) is 4.48. The fraction of sp³-hybridized carbons (Fsp3) is 0. The van der Waals surface area contributed by atoms with Crippen molar-refractivity contribution in [3.05, 3.63) is 57.8 Å². The molecule has 0 saturated heterocycles. The van der Waals surface area contributed by atoms with Gasteiger partial charge in [0.2, 0.25) is 0 Å². The van der Waals surface area contributed by atoms with E-state index in [-0.39, 0.29) is 21.2 Å². The van der Waals surface area contributed by atoms with Crippen LogP contribution in [0.2, 0.25) is 5.02 Å². The third-order valence-electron chi connectivity index (χ3n) is 2.88. The topological polar surface area (TPSA) is 92.2 Å². The molecule has 0 aliphatic rings. The standard InChI is InChI=1S/C13H8ClFN2O4S/c14-7-1-3-10(9(15)5-7)17-22(19,20)8-2-4-11-12(6-8)21-13(18)16-11/h1-6,17H,(H,16,18). The van der Waals surface area contributed by atoms with Crippen LogP contribution in [-0.2, 0) is 10.0 Å². The first-order valence-corrected chi connectivity index (χ1v) is 7.82. The Balaban J connectivity index is 2.01. The molecule has 0 amide bonds. The van der Waals surface area contributed by atoms with Crippen LogP contribution in [0.15, 0.2) is 50.5 Å². The zero-order valence-corrected chi connectivity index (χ0v) is 12.3. The zero-order chi connectivity index (χ0) is 15.9. The van der Waals surface area contributed by atoms with Crippen LogP contribution in [0, 0.1) is 5.82 Å². The van der Waals surface area contributed by atoms with Crippen LogP contribution in [0.4, 0.5) is 10.1 Å². The lowest BCUT2D eigenvalue weighted by Crippen LogP contribution is -2.13. The number of nitrogens with one attached hydrogen (secondary N) is 2. The van der Waals surface area contributed by atoms with Crippen molar-refractivity contribution in [2.24, 2.45) is 0 Å². The average Bonchev–Trinajstić information content (AvgIpc) is 2.81. The number of rotatable bonds is 3. The summed E-state index contributed by atoms with van der Waals surface area (Å²) in [5, 5.41) is 0.149. The Morgan fingerprint density at radius 3 is 2.68 bits per heavy atom. The van der Waals surface area contributed by atoms with Gasteiger partial charge in [0.05, 0.1) is 16.1 Å². The quantitative estimate of drug-likeness (QED) is 0.765. The number of hydrogen-bond donors (Lipinski definition) is 2. The molecule has 1 heterocycles. The van der Waals surface area contributed by atoms with Gasteiger partial charge in [0.25, 0.3) is 10.0 Å². The molecule has 0 saturated carbocycles. The molecule has 22 heavy (non-hydrogen) atoms. The van der Waals surface area contributed by atoms with E-state index >= 15 is 0 Å². The van der Waals surface area contributed by atoms with Gasteiger partial charge < -0.3 is 4.42 Å². The second-order valence-corrected chi connectivity index (χ2v) is 6.52. The highest BCUT2D eigenvalue weighted by atomic mass is 35.5. The van der Waals surface area contributed by atoms with Gasteiger partial charge in [-0.15, -0.1) is 0 Å². The van der Waals surface area contributed by atoms with E-state index in [1.807, 2.05) is 0 Å². The van der Waals surface area contributed by atoms with Crippen molar-refractivity contribution in [1.29, 1.82) is 0 Å². The Morgan fingerprint density at radius 2 is 1.95 bits per heavy atom. The molecule has 9 heteroatoms. The number of benzene rings is 2. The number of anilines is 1. The van der Waals surface area contributed by atoms with Crippen LogP contribution in [0.5, 0.6) is 0 Å². The van der Waals surface area contributed by atoms with Gasteiger partial charge in [-0.3, -0.25) is 9.71 Å². The Hall–Kier alpha value is -2.32. The molecular formula is C13H8ClFN2O4S. The van der Waals surface area contributed by atoms with Crippen molar-refractivity contribution in [1.82, 2.24) is 4.98 Å². The van der Waals surface area contributed by atoms with E-state index in [9.17, 15) is 17.6 Å². The number of H-pyrrole nitrogens is 1. The summed E-state index contributed by atoms with van der Waals surface area (Å²) >= 11 is 5.61. The van der Waals surface area contributed by atoms with E-state index < -0.39 is 21.6 Å². The Kier molecular flexibility index (Phi) is 3.42. The van der Waals surface area contributed by atoms with Crippen LogP contribution in [0.25, 0.3) is 11.1 Å². The summed E-state index contributed by atoms with van der Waals surface area (Å²) in [5.74, 6) is -1.49. The normalized spacial score (nSPS) is 11.7. The van der Waals surface area contributed by atoms with Gasteiger partial charge in [-0.2, -0.15) is 0 Å². The van der Waals surface area contributed by atoms with Gasteiger partial charge in [-0.1, -0.05) is 11.6 Å². The lowest BCUT2D eigenvalue weighted by Gasteiger charge is -2.09. The van der Waals surface area contributed by atoms with Crippen LogP contribution < -0.4 is 10.5 Å². The van der Waals surface area contributed by atoms with Crippen LogP contribution >= 0.6 is 11.6 Å². The fourth-order valence-electron chi connectivity index (χ4n) is 1.87. The maximum absolute atomic E-state index is 13.7. The lowest BCUT2D eigenvalue weighted by molar-refractivity contribution is 0.554. The minimum Gasteiger partial charge on any atom is -0.408 e. The molecule has 3 rings (SSSR count). The van der Waals surface area contributed by atoms with E-state index in [1.165, 1.54) is 30.3 Å². The van der Waals surface area contributed by atoms with E-state index in [0.29, 0.717) is 5.52 Å². The molecule has 0 spiro atoms. The first-order chi connectivity index (χ1) is 10.3. The summed E-state index contributed by atoms with van der Waals surface area (Å²) in [6, 6.07) is 7.38. The van der Waals surface area contributed by atoms with Gasteiger partial charge in [-0.25, -0.2) is 17.6 Å². The monoisotopic (exact) mass is 342 g/mol. The van der Waals surface area contributed by atoms with Gasteiger partial charge in [0.15, 0.2) is 5.58 Å². The summed E-state index contributed by atoms with van der Waals surface area (Å²) in [5.41, 5.74) is 0.214. The first-order valence-electron chi connectivity index (χ1n) is 5.96. The van der Waals surface area contributed by atoms with Gasteiger partial charge >= 0.3 is 5.76 Å². The number of halogens is 2. The van der Waals surface area contributed by atoms with Crippen molar-refractivity contribution in [2.45, 2.75) is 4.90 Å². The number of hydrogen-bond acceptors (Lipinski definition) is 4. The van der Waals surface area contributed by atoms with Crippen molar-refractivity contribution in [2.75, 3.05) is 4.72 Å². The SMILES string of the molecule is O=c1[nH]c2ccc(S(=O)(=O)Nc3ccc(Cl)cc3F)cc2o1. The molecule has 0 radical (unpaired) electrons. The van der Waals surface area contributed by atoms with Crippen LogP contribution in [0.1, 0.15) is 0 Å². The molecule has 114 valence electrons. The van der Waals surface area contributed by atoms with E-state index in [2.05, 4.69) is 9.71 Å². The van der Waals surface area contributed by atoms with Gasteiger partial charge in [-0.05, 0) is 30.3 Å². The molecular weight excluding hydrogens is 335 g/mol. The molecule has 0 unspecified atom stereocenters. The Labute approximate surface area is 128 Å². The molecule has 0 aliphatic heterocycles. The van der Waals surface area contributed by atoms with Gasteiger partial charge in [0, 0.05) is 11.1 Å².